The number of likely N-dealkylation sites (tertiary alicyclic amines) is 2. The number of alkyl halides is 3. The molecule has 3 aliphatic rings. The maximum atomic E-state index is 15.8. The molecular weight excluding hydrogens is 506 g/mol. The summed E-state index contributed by atoms with van der Waals surface area (Å²) < 4.78 is 54.8. The number of pyridine rings is 1. The highest BCUT2D eigenvalue weighted by Gasteiger charge is 2.54. The number of rotatable bonds is 8. The molecule has 38 heavy (non-hydrogen) atoms. The Labute approximate surface area is 218 Å². The fourth-order valence-electron chi connectivity index (χ4n) is 5.73. The number of carbonyl (C=O) groups is 1. The molecule has 3 fully saturated rings. The second kappa shape index (κ2) is 10.6. The first-order chi connectivity index (χ1) is 17.9. The van der Waals surface area contributed by atoms with Crippen molar-refractivity contribution in [3.05, 3.63) is 41.2 Å². The molecule has 1 amide bonds. The van der Waals surface area contributed by atoms with Gasteiger partial charge in [-0.1, -0.05) is 6.07 Å². The zero-order valence-electron chi connectivity index (χ0n) is 21.4. The number of aliphatic imine (C=N–C) groups is 2. The standard InChI is InChI=1S/C25H33F4N7O2/c1-24(38)13-35(12-19(30)37)7-6-16(24)10-34-22(31-2)20(26)23(32-3)36-11-15-8-17(15)21(36)14-4-5-18(33-9-14)25(27,28)29/h4-5,9,15-17,21,34,38H,2,6-8,10-13H2,1,3H3,(H2,30,37)/b22-20-,32-23+/t15?,16-,17?,21?,24-/m0/s1. The van der Waals surface area contributed by atoms with Crippen molar-refractivity contribution < 1.29 is 27.5 Å². The average Bonchev–Trinajstić information content (AvgIpc) is 3.49. The summed E-state index contributed by atoms with van der Waals surface area (Å²) in [5.74, 6) is -1.11. The first-order valence-electron chi connectivity index (χ1n) is 12.5. The third kappa shape index (κ3) is 5.83. The second-order valence-corrected chi connectivity index (χ2v) is 10.5. The van der Waals surface area contributed by atoms with Gasteiger partial charge in [-0.25, -0.2) is 4.99 Å². The normalized spacial score (nSPS) is 30.5. The van der Waals surface area contributed by atoms with Gasteiger partial charge in [0.05, 0.1) is 18.2 Å². The number of aromatic nitrogens is 1. The molecule has 1 aliphatic carbocycles. The SMILES string of the molecule is C=N/C(NC[C@@H]1CCN(CC(N)=O)C[C@]1(C)O)=C(F)\C(=N/C)N1CC2CC2C1c1ccc(C(F)(F)F)nc1. The highest BCUT2D eigenvalue weighted by atomic mass is 19.4. The van der Waals surface area contributed by atoms with Crippen molar-refractivity contribution in [3.63, 3.8) is 0 Å². The van der Waals surface area contributed by atoms with Crippen molar-refractivity contribution in [3.8, 4) is 0 Å². The number of nitrogens with one attached hydrogen (secondary N) is 1. The number of fused-ring (bicyclic) bond motifs is 1. The summed E-state index contributed by atoms with van der Waals surface area (Å²) in [7, 11) is 1.45. The number of aliphatic hydroxyl groups is 1. The zero-order valence-corrected chi connectivity index (χ0v) is 21.4. The predicted molar refractivity (Wildman–Crippen MR) is 134 cm³/mol. The first-order valence-corrected chi connectivity index (χ1v) is 12.5. The van der Waals surface area contributed by atoms with Crippen molar-refractivity contribution in [1.29, 1.82) is 0 Å². The van der Waals surface area contributed by atoms with E-state index in [1.54, 1.807) is 16.7 Å². The number of nitrogens with two attached hydrogens (primary N) is 1. The molecule has 5 atom stereocenters. The summed E-state index contributed by atoms with van der Waals surface area (Å²) in [6, 6.07) is 1.97. The molecule has 1 aromatic heterocycles. The van der Waals surface area contributed by atoms with Crippen LogP contribution in [0.25, 0.3) is 0 Å². The van der Waals surface area contributed by atoms with E-state index in [0.717, 1.165) is 12.5 Å². The Morgan fingerprint density at radius 2 is 2.13 bits per heavy atom. The molecular formula is C25H33F4N7O2. The van der Waals surface area contributed by atoms with E-state index in [1.807, 2.05) is 0 Å². The Hall–Kier alpha value is -3.06. The van der Waals surface area contributed by atoms with Crippen LogP contribution in [0.1, 0.15) is 37.1 Å². The van der Waals surface area contributed by atoms with Crippen LogP contribution in [0.2, 0.25) is 0 Å². The Kier molecular flexibility index (Phi) is 7.80. The van der Waals surface area contributed by atoms with Crippen LogP contribution in [0.5, 0.6) is 0 Å². The van der Waals surface area contributed by atoms with E-state index in [9.17, 15) is 23.1 Å². The maximum absolute atomic E-state index is 15.8. The Balaban J connectivity index is 1.49. The number of carbonyl (C=O) groups excluding carboxylic acids is 1. The van der Waals surface area contributed by atoms with Gasteiger partial charge in [-0.2, -0.15) is 17.6 Å². The predicted octanol–water partition coefficient (Wildman–Crippen LogP) is 2.11. The molecule has 13 heteroatoms. The lowest BCUT2D eigenvalue weighted by Gasteiger charge is -2.42. The minimum Gasteiger partial charge on any atom is -0.388 e. The van der Waals surface area contributed by atoms with E-state index in [-0.39, 0.29) is 49.2 Å². The lowest BCUT2D eigenvalue weighted by molar-refractivity contribution is -0.141. The Bertz CT molecular complexity index is 1120. The van der Waals surface area contributed by atoms with Crippen LogP contribution in [0, 0.1) is 17.8 Å². The highest BCUT2D eigenvalue weighted by Crippen LogP contribution is 2.57. The van der Waals surface area contributed by atoms with E-state index < -0.39 is 29.2 Å². The number of amides is 1. The molecule has 9 nitrogen and oxygen atoms in total. The molecule has 2 aliphatic heterocycles. The highest BCUT2D eigenvalue weighted by molar-refractivity contribution is 5.97. The second-order valence-electron chi connectivity index (χ2n) is 10.5. The third-order valence-electron chi connectivity index (χ3n) is 7.73. The molecule has 1 saturated carbocycles. The summed E-state index contributed by atoms with van der Waals surface area (Å²) in [4.78, 5) is 26.4. The molecule has 0 bridgehead atoms. The third-order valence-corrected chi connectivity index (χ3v) is 7.73. The van der Waals surface area contributed by atoms with Gasteiger partial charge in [-0.15, -0.1) is 0 Å². The molecule has 2 saturated heterocycles. The molecule has 0 aromatic carbocycles. The minimum absolute atomic E-state index is 0.0278. The number of amidine groups is 1. The number of β-amino-alcohol motifs (C(OH)–C–C–N with tert-alkyl or cyclic N) is 1. The molecule has 0 spiro atoms. The van der Waals surface area contributed by atoms with Gasteiger partial charge in [0.1, 0.15) is 5.69 Å². The van der Waals surface area contributed by atoms with Crippen LogP contribution in [0.15, 0.2) is 40.0 Å². The number of hydrogen-bond acceptors (Lipinski definition) is 7. The van der Waals surface area contributed by atoms with Crippen molar-refractivity contribution >= 4 is 18.5 Å². The summed E-state index contributed by atoms with van der Waals surface area (Å²) in [6.45, 7) is 6.69. The number of piperidine rings is 2. The van der Waals surface area contributed by atoms with E-state index in [2.05, 4.69) is 27.0 Å². The minimum atomic E-state index is -4.54. The van der Waals surface area contributed by atoms with E-state index in [4.69, 9.17) is 5.73 Å². The fraction of sp³-hybridized carbons (Fsp3) is 0.600. The number of primary amides is 1. The van der Waals surface area contributed by atoms with Crippen LogP contribution in [0.4, 0.5) is 17.6 Å². The van der Waals surface area contributed by atoms with Crippen LogP contribution in [-0.2, 0) is 11.0 Å². The quantitative estimate of drug-likeness (QED) is 0.265. The van der Waals surface area contributed by atoms with Gasteiger partial charge in [0.25, 0.3) is 0 Å². The Morgan fingerprint density at radius 1 is 1.39 bits per heavy atom. The lowest BCUT2D eigenvalue weighted by Crippen LogP contribution is -2.55. The number of nitrogens with zero attached hydrogens (tertiary/aromatic N) is 5. The van der Waals surface area contributed by atoms with E-state index in [1.165, 1.54) is 19.3 Å². The molecule has 3 heterocycles. The maximum Gasteiger partial charge on any atom is 0.433 e. The largest absolute Gasteiger partial charge is 0.433 e. The van der Waals surface area contributed by atoms with Crippen LogP contribution in [0.3, 0.4) is 0 Å². The summed E-state index contributed by atoms with van der Waals surface area (Å²) >= 11 is 0. The van der Waals surface area contributed by atoms with Gasteiger partial charge in [0.2, 0.25) is 11.7 Å². The molecule has 208 valence electrons. The smallest absolute Gasteiger partial charge is 0.388 e. The van der Waals surface area contributed by atoms with Gasteiger partial charge < -0.3 is 21.1 Å². The zero-order chi connectivity index (χ0) is 27.8. The van der Waals surface area contributed by atoms with E-state index in [0.29, 0.717) is 31.0 Å². The van der Waals surface area contributed by atoms with Gasteiger partial charge in [-0.3, -0.25) is 19.7 Å². The van der Waals surface area contributed by atoms with Gasteiger partial charge in [0.15, 0.2) is 11.7 Å². The first kappa shape index (κ1) is 28.0. The number of halogens is 4. The monoisotopic (exact) mass is 539 g/mol. The molecule has 1 aromatic rings. The van der Waals surface area contributed by atoms with Crippen molar-refractivity contribution in [2.45, 2.75) is 37.6 Å². The molecule has 0 radical (unpaired) electrons. The van der Waals surface area contributed by atoms with Gasteiger partial charge in [-0.05, 0) is 56.5 Å². The number of hydrogen-bond donors (Lipinski definition) is 3. The van der Waals surface area contributed by atoms with Crippen molar-refractivity contribution in [2.24, 2.45) is 33.5 Å². The summed E-state index contributed by atoms with van der Waals surface area (Å²) in [6.07, 6.45) is -1.89. The van der Waals surface area contributed by atoms with Crippen LogP contribution < -0.4 is 11.1 Å². The van der Waals surface area contributed by atoms with Gasteiger partial charge >= 0.3 is 6.18 Å². The average molecular weight is 540 g/mol. The molecule has 4 N–H and O–H groups in total. The van der Waals surface area contributed by atoms with E-state index >= 15 is 4.39 Å². The van der Waals surface area contributed by atoms with Crippen molar-refractivity contribution in [1.82, 2.24) is 20.1 Å². The summed E-state index contributed by atoms with van der Waals surface area (Å²) in [5.41, 5.74) is 3.70. The summed E-state index contributed by atoms with van der Waals surface area (Å²) in [5, 5.41) is 13.9. The molecule has 4 rings (SSSR count). The Morgan fingerprint density at radius 3 is 2.68 bits per heavy atom. The fourth-order valence-corrected chi connectivity index (χ4v) is 5.73. The van der Waals surface area contributed by atoms with Crippen LogP contribution >= 0.6 is 0 Å². The van der Waals surface area contributed by atoms with Crippen LogP contribution in [-0.4, -0.2) is 83.7 Å². The molecule has 3 unspecified atom stereocenters. The lowest BCUT2D eigenvalue weighted by atomic mass is 9.82. The topological polar surface area (TPSA) is 119 Å². The van der Waals surface area contributed by atoms with Gasteiger partial charge in [0, 0.05) is 38.8 Å². The van der Waals surface area contributed by atoms with Crippen molar-refractivity contribution in [2.75, 3.05) is 39.8 Å².